The number of para-hydroxylation sites is 1. The van der Waals surface area contributed by atoms with Gasteiger partial charge in [-0.3, -0.25) is 13.9 Å². The van der Waals surface area contributed by atoms with Crippen molar-refractivity contribution in [3.05, 3.63) is 85.0 Å². The van der Waals surface area contributed by atoms with Crippen LogP contribution in [0.2, 0.25) is 10.0 Å². The van der Waals surface area contributed by atoms with Crippen molar-refractivity contribution in [2.24, 2.45) is 7.05 Å². The van der Waals surface area contributed by atoms with Gasteiger partial charge in [-0.2, -0.15) is 4.98 Å². The lowest BCUT2D eigenvalue weighted by molar-refractivity contribution is 0.652. The zero-order valence-electron chi connectivity index (χ0n) is 16.0. The molecular weight excluding hydrogens is 425 g/mol. The van der Waals surface area contributed by atoms with Crippen LogP contribution in [0.5, 0.6) is 0 Å². The van der Waals surface area contributed by atoms with Crippen molar-refractivity contribution in [3.63, 3.8) is 0 Å². The molecule has 152 valence electrons. The second kappa shape index (κ2) is 7.04. The standard InChI is InChI=1S/C21H17Cl2N5O2/c1-25-18-17(27-10-9-26(20(27)24-18)15-5-3-2-4-6-15)19(29)28(21(25)30)12-13-7-8-14(22)11-16(13)23/h2-8,11H,9-10,12H2,1H3. The number of nitrogens with zero attached hydrogens (tertiary/aromatic N) is 5. The van der Waals surface area contributed by atoms with Crippen LogP contribution in [0.15, 0.2) is 58.1 Å². The van der Waals surface area contributed by atoms with Crippen molar-refractivity contribution in [3.8, 4) is 0 Å². The second-order valence-electron chi connectivity index (χ2n) is 7.19. The minimum absolute atomic E-state index is 0.0559. The molecule has 2 aromatic carbocycles. The van der Waals surface area contributed by atoms with Crippen molar-refractivity contribution in [1.82, 2.24) is 18.7 Å². The van der Waals surface area contributed by atoms with Gasteiger partial charge in [-0.1, -0.05) is 47.5 Å². The summed E-state index contributed by atoms with van der Waals surface area (Å²) < 4.78 is 4.48. The van der Waals surface area contributed by atoms with Crippen molar-refractivity contribution in [1.29, 1.82) is 0 Å². The van der Waals surface area contributed by atoms with Crippen LogP contribution in [-0.2, 0) is 20.1 Å². The lowest BCUT2D eigenvalue weighted by Gasteiger charge is -2.15. The Bertz CT molecular complexity index is 1410. The first-order valence-corrected chi connectivity index (χ1v) is 10.2. The molecule has 3 heterocycles. The smallest absolute Gasteiger partial charge is 0.310 e. The highest BCUT2D eigenvalue weighted by Crippen LogP contribution is 2.31. The summed E-state index contributed by atoms with van der Waals surface area (Å²) in [6.07, 6.45) is 0. The fraction of sp³-hybridized carbons (Fsp3) is 0.190. The monoisotopic (exact) mass is 441 g/mol. The van der Waals surface area contributed by atoms with E-state index in [1.54, 1.807) is 25.2 Å². The van der Waals surface area contributed by atoms with E-state index in [0.717, 1.165) is 5.69 Å². The third-order valence-corrected chi connectivity index (χ3v) is 6.00. The first kappa shape index (κ1) is 19.0. The first-order chi connectivity index (χ1) is 14.5. The SMILES string of the molecule is Cn1c(=O)n(Cc2ccc(Cl)cc2Cl)c(=O)c2c1nc1n2CCN1c1ccccc1. The third-order valence-electron chi connectivity index (χ3n) is 5.41. The number of halogens is 2. The molecule has 0 spiro atoms. The molecule has 0 atom stereocenters. The summed E-state index contributed by atoms with van der Waals surface area (Å²) in [6.45, 7) is 1.36. The number of fused-ring (bicyclic) bond motifs is 3. The maximum atomic E-state index is 13.3. The number of rotatable bonds is 3. The Balaban J connectivity index is 1.69. The van der Waals surface area contributed by atoms with E-state index in [4.69, 9.17) is 23.2 Å². The minimum atomic E-state index is -0.443. The van der Waals surface area contributed by atoms with Crippen LogP contribution in [0.4, 0.5) is 11.6 Å². The maximum absolute atomic E-state index is 13.3. The van der Waals surface area contributed by atoms with Gasteiger partial charge in [0.05, 0.1) is 6.54 Å². The Morgan fingerprint density at radius 2 is 1.80 bits per heavy atom. The summed E-state index contributed by atoms with van der Waals surface area (Å²) in [4.78, 5) is 33.0. The lowest BCUT2D eigenvalue weighted by Crippen LogP contribution is -2.40. The molecule has 0 aliphatic carbocycles. The summed E-state index contributed by atoms with van der Waals surface area (Å²) in [5.41, 5.74) is 1.60. The lowest BCUT2D eigenvalue weighted by atomic mass is 10.2. The average Bonchev–Trinajstić information content (AvgIpc) is 3.31. The number of hydrogen-bond acceptors (Lipinski definition) is 4. The van der Waals surface area contributed by atoms with E-state index in [0.29, 0.717) is 45.8 Å². The molecule has 1 aliphatic rings. The van der Waals surface area contributed by atoms with Crippen molar-refractivity contribution >= 4 is 46.0 Å². The molecule has 0 saturated carbocycles. The van der Waals surface area contributed by atoms with Gasteiger partial charge in [0, 0.05) is 35.9 Å². The Morgan fingerprint density at radius 1 is 1.03 bits per heavy atom. The fourth-order valence-electron chi connectivity index (χ4n) is 3.89. The Morgan fingerprint density at radius 3 is 2.53 bits per heavy atom. The van der Waals surface area contributed by atoms with Gasteiger partial charge in [0.25, 0.3) is 5.56 Å². The van der Waals surface area contributed by atoms with E-state index in [1.165, 1.54) is 9.13 Å². The molecule has 0 fully saturated rings. The van der Waals surface area contributed by atoms with Gasteiger partial charge in [0.1, 0.15) is 0 Å². The predicted octanol–water partition coefficient (Wildman–Crippen LogP) is 3.40. The van der Waals surface area contributed by atoms with Crippen LogP contribution in [-0.4, -0.2) is 25.2 Å². The molecule has 9 heteroatoms. The molecule has 0 radical (unpaired) electrons. The number of benzene rings is 2. The van der Waals surface area contributed by atoms with Gasteiger partial charge < -0.3 is 9.47 Å². The molecule has 7 nitrogen and oxygen atoms in total. The van der Waals surface area contributed by atoms with Crippen LogP contribution < -0.4 is 16.1 Å². The number of anilines is 2. The molecule has 2 aromatic heterocycles. The zero-order chi connectivity index (χ0) is 21.0. The summed E-state index contributed by atoms with van der Waals surface area (Å²) >= 11 is 12.2. The predicted molar refractivity (Wildman–Crippen MR) is 118 cm³/mol. The first-order valence-electron chi connectivity index (χ1n) is 9.42. The summed E-state index contributed by atoms with van der Waals surface area (Å²) in [5.74, 6) is 0.658. The van der Waals surface area contributed by atoms with E-state index >= 15 is 0 Å². The van der Waals surface area contributed by atoms with Crippen LogP contribution >= 0.6 is 23.2 Å². The Labute approximate surface area is 181 Å². The highest BCUT2D eigenvalue weighted by molar-refractivity contribution is 6.35. The van der Waals surface area contributed by atoms with Gasteiger partial charge in [-0.15, -0.1) is 0 Å². The number of aryl methyl sites for hydroxylation is 1. The van der Waals surface area contributed by atoms with Crippen LogP contribution in [0.3, 0.4) is 0 Å². The summed E-state index contributed by atoms with van der Waals surface area (Å²) in [7, 11) is 1.62. The van der Waals surface area contributed by atoms with Crippen molar-refractivity contribution in [2.45, 2.75) is 13.1 Å². The van der Waals surface area contributed by atoms with E-state index in [1.807, 2.05) is 39.8 Å². The van der Waals surface area contributed by atoms with Crippen LogP contribution in [0, 0.1) is 0 Å². The molecule has 0 unspecified atom stereocenters. The third kappa shape index (κ3) is 2.85. The number of hydrogen-bond donors (Lipinski definition) is 0. The number of imidazole rings is 1. The fourth-order valence-corrected chi connectivity index (χ4v) is 4.36. The topological polar surface area (TPSA) is 65.1 Å². The van der Waals surface area contributed by atoms with E-state index in [2.05, 4.69) is 4.98 Å². The molecule has 4 aromatic rings. The molecule has 0 saturated heterocycles. The second-order valence-corrected chi connectivity index (χ2v) is 8.04. The quantitative estimate of drug-likeness (QED) is 0.488. The average molecular weight is 442 g/mol. The molecular formula is C21H17Cl2N5O2. The highest BCUT2D eigenvalue weighted by atomic mass is 35.5. The van der Waals surface area contributed by atoms with E-state index < -0.39 is 5.69 Å². The van der Waals surface area contributed by atoms with E-state index in [9.17, 15) is 9.59 Å². The van der Waals surface area contributed by atoms with Gasteiger partial charge in [-0.25, -0.2) is 4.79 Å². The Kier molecular flexibility index (Phi) is 4.45. The van der Waals surface area contributed by atoms with Crippen molar-refractivity contribution in [2.75, 3.05) is 11.4 Å². The molecule has 0 amide bonds. The largest absolute Gasteiger partial charge is 0.332 e. The van der Waals surface area contributed by atoms with Gasteiger partial charge >= 0.3 is 5.69 Å². The van der Waals surface area contributed by atoms with Gasteiger partial charge in [-0.05, 0) is 29.8 Å². The molecule has 5 rings (SSSR count). The van der Waals surface area contributed by atoms with Crippen LogP contribution in [0.25, 0.3) is 11.2 Å². The van der Waals surface area contributed by atoms with Gasteiger partial charge in [0.15, 0.2) is 11.2 Å². The number of aromatic nitrogens is 4. The highest BCUT2D eigenvalue weighted by Gasteiger charge is 2.28. The van der Waals surface area contributed by atoms with Crippen molar-refractivity contribution < 1.29 is 0 Å². The zero-order valence-corrected chi connectivity index (χ0v) is 17.6. The van der Waals surface area contributed by atoms with Crippen LogP contribution in [0.1, 0.15) is 5.56 Å². The summed E-state index contributed by atoms with van der Waals surface area (Å²) in [6, 6.07) is 14.9. The maximum Gasteiger partial charge on any atom is 0.332 e. The molecule has 0 bridgehead atoms. The molecule has 0 N–H and O–H groups in total. The minimum Gasteiger partial charge on any atom is -0.310 e. The normalized spacial score (nSPS) is 13.2. The molecule has 1 aliphatic heterocycles. The summed E-state index contributed by atoms with van der Waals surface area (Å²) in [5, 5.41) is 0.902. The van der Waals surface area contributed by atoms with E-state index in [-0.39, 0.29) is 12.1 Å². The van der Waals surface area contributed by atoms with Gasteiger partial charge in [0.2, 0.25) is 5.95 Å². The molecule has 30 heavy (non-hydrogen) atoms. The Hall–Kier alpha value is -3.03.